The van der Waals surface area contributed by atoms with Crippen molar-refractivity contribution in [1.29, 1.82) is 0 Å². The maximum absolute atomic E-state index is 13.1. The van der Waals surface area contributed by atoms with Crippen LogP contribution in [0.5, 0.6) is 0 Å². The van der Waals surface area contributed by atoms with Crippen LogP contribution in [0, 0.1) is 5.82 Å². The molecule has 1 fully saturated rings. The van der Waals surface area contributed by atoms with Crippen LogP contribution in [0.1, 0.15) is 13.2 Å². The highest BCUT2D eigenvalue weighted by molar-refractivity contribution is 4.95. The molecule has 2 rings (SSSR count). The maximum Gasteiger partial charge on any atom is 0.330 e. The lowest BCUT2D eigenvalue weighted by Gasteiger charge is -2.17. The van der Waals surface area contributed by atoms with Crippen LogP contribution in [0.25, 0.3) is 0 Å². The van der Waals surface area contributed by atoms with Gasteiger partial charge in [-0.1, -0.05) is 0 Å². The summed E-state index contributed by atoms with van der Waals surface area (Å²) < 4.78 is 18.9. The highest BCUT2D eigenvalue weighted by atomic mass is 19.1. The molecular weight excluding hydrogens is 263 g/mol. The Kier molecular flexibility index (Phi) is 3.54. The second-order valence-electron chi connectivity index (χ2n) is 4.36. The molecule has 19 heavy (non-hydrogen) atoms. The van der Waals surface area contributed by atoms with Crippen LogP contribution in [0.3, 0.4) is 0 Å². The standard InChI is InChI=1S/C10H13FN2O6/c1-3(14)7-5(15)6(16)9(19-7)13-2-4(11)8(17)12-10(13)18/h2-3,5-7,9,14-16H,1H3,(H,12,17,18)/t3-,5+,6-,7+,9+/m0/s1. The number of hydrogen-bond donors (Lipinski definition) is 4. The molecule has 1 saturated heterocycles. The molecular formula is C10H13FN2O6. The SMILES string of the molecule is C[C@H](O)[C@H]1O[C@@H](n2cc(F)c(=O)[nH]c2=O)[C@@H](O)[C@H]1O. The molecule has 0 unspecified atom stereocenters. The zero-order chi connectivity index (χ0) is 14.3. The van der Waals surface area contributed by atoms with Crippen molar-refractivity contribution in [1.82, 2.24) is 9.55 Å². The van der Waals surface area contributed by atoms with Crippen molar-refractivity contribution in [2.45, 2.75) is 37.6 Å². The molecule has 0 spiro atoms. The lowest BCUT2D eigenvalue weighted by molar-refractivity contribution is -0.0806. The number of aromatic nitrogens is 2. The number of aliphatic hydroxyl groups is 3. The van der Waals surface area contributed by atoms with Crippen molar-refractivity contribution in [3.8, 4) is 0 Å². The van der Waals surface area contributed by atoms with E-state index in [0.717, 1.165) is 0 Å². The maximum atomic E-state index is 13.1. The third-order valence-electron chi connectivity index (χ3n) is 2.95. The smallest absolute Gasteiger partial charge is 0.330 e. The van der Waals surface area contributed by atoms with E-state index in [1.54, 1.807) is 4.98 Å². The highest BCUT2D eigenvalue weighted by Gasteiger charge is 2.46. The van der Waals surface area contributed by atoms with Gasteiger partial charge in [0.1, 0.15) is 18.3 Å². The molecule has 1 aliphatic heterocycles. The number of hydrogen-bond acceptors (Lipinski definition) is 6. The van der Waals surface area contributed by atoms with Crippen LogP contribution in [0.2, 0.25) is 0 Å². The Labute approximate surface area is 105 Å². The molecule has 106 valence electrons. The van der Waals surface area contributed by atoms with E-state index in [4.69, 9.17) is 4.74 Å². The molecule has 0 amide bonds. The van der Waals surface area contributed by atoms with E-state index in [-0.39, 0.29) is 0 Å². The molecule has 0 radical (unpaired) electrons. The Balaban J connectivity index is 2.41. The fourth-order valence-corrected chi connectivity index (χ4v) is 1.96. The Hall–Kier alpha value is -1.55. The second-order valence-corrected chi connectivity index (χ2v) is 4.36. The number of ether oxygens (including phenoxy) is 1. The molecule has 1 aliphatic rings. The Bertz CT molecular complexity index is 582. The predicted octanol–water partition coefficient (Wildman–Crippen LogP) is -2.32. The number of rotatable bonds is 2. The molecule has 5 atom stereocenters. The molecule has 0 aromatic carbocycles. The van der Waals surface area contributed by atoms with Crippen molar-refractivity contribution in [2.75, 3.05) is 0 Å². The van der Waals surface area contributed by atoms with Gasteiger partial charge in [0.2, 0.25) is 5.82 Å². The zero-order valence-corrected chi connectivity index (χ0v) is 9.86. The highest BCUT2D eigenvalue weighted by Crippen LogP contribution is 2.29. The van der Waals surface area contributed by atoms with Gasteiger partial charge in [0.05, 0.1) is 12.3 Å². The lowest BCUT2D eigenvalue weighted by Crippen LogP contribution is -2.39. The number of nitrogens with zero attached hydrogens (tertiary/aromatic N) is 1. The number of aliphatic hydroxyl groups excluding tert-OH is 3. The molecule has 2 heterocycles. The van der Waals surface area contributed by atoms with Gasteiger partial charge < -0.3 is 20.1 Å². The van der Waals surface area contributed by atoms with Crippen LogP contribution in [-0.4, -0.2) is 49.3 Å². The van der Waals surface area contributed by atoms with Gasteiger partial charge in [0.15, 0.2) is 6.23 Å². The number of nitrogens with one attached hydrogen (secondary N) is 1. The Morgan fingerprint density at radius 1 is 1.42 bits per heavy atom. The van der Waals surface area contributed by atoms with Crippen LogP contribution in [0.4, 0.5) is 4.39 Å². The summed E-state index contributed by atoms with van der Waals surface area (Å²) in [5, 5.41) is 28.8. The number of aromatic amines is 1. The van der Waals surface area contributed by atoms with Gasteiger partial charge in [0, 0.05) is 0 Å². The van der Waals surface area contributed by atoms with Crippen LogP contribution >= 0.6 is 0 Å². The van der Waals surface area contributed by atoms with Crippen molar-refractivity contribution in [3.63, 3.8) is 0 Å². The van der Waals surface area contributed by atoms with Crippen LogP contribution in [-0.2, 0) is 4.74 Å². The Morgan fingerprint density at radius 3 is 2.58 bits per heavy atom. The molecule has 0 saturated carbocycles. The van der Waals surface area contributed by atoms with E-state index in [1.807, 2.05) is 0 Å². The van der Waals surface area contributed by atoms with Crippen molar-refractivity contribution < 1.29 is 24.4 Å². The summed E-state index contributed by atoms with van der Waals surface area (Å²) in [4.78, 5) is 24.1. The van der Waals surface area contributed by atoms with Gasteiger partial charge in [-0.15, -0.1) is 0 Å². The topological polar surface area (TPSA) is 125 Å². The minimum Gasteiger partial charge on any atom is -0.391 e. The third kappa shape index (κ3) is 2.32. The van der Waals surface area contributed by atoms with Gasteiger partial charge in [-0.25, -0.2) is 4.79 Å². The summed E-state index contributed by atoms with van der Waals surface area (Å²) in [5.41, 5.74) is -2.18. The first-order valence-corrected chi connectivity index (χ1v) is 5.53. The number of H-pyrrole nitrogens is 1. The quantitative estimate of drug-likeness (QED) is 0.480. The van der Waals surface area contributed by atoms with Gasteiger partial charge in [-0.3, -0.25) is 14.3 Å². The largest absolute Gasteiger partial charge is 0.391 e. The minimum atomic E-state index is -1.54. The summed E-state index contributed by atoms with van der Waals surface area (Å²) in [5.74, 6) is -1.23. The average molecular weight is 276 g/mol. The monoisotopic (exact) mass is 276 g/mol. The summed E-state index contributed by atoms with van der Waals surface area (Å²) in [6.45, 7) is 1.33. The third-order valence-corrected chi connectivity index (χ3v) is 2.95. The van der Waals surface area contributed by atoms with Crippen LogP contribution in [0.15, 0.2) is 15.8 Å². The Morgan fingerprint density at radius 2 is 2.05 bits per heavy atom. The molecule has 4 N–H and O–H groups in total. The van der Waals surface area contributed by atoms with Crippen molar-refractivity contribution >= 4 is 0 Å². The first-order chi connectivity index (χ1) is 8.82. The lowest BCUT2D eigenvalue weighted by atomic mass is 10.1. The summed E-state index contributed by atoms with van der Waals surface area (Å²) >= 11 is 0. The molecule has 1 aromatic heterocycles. The summed E-state index contributed by atoms with van der Waals surface area (Å²) in [6, 6.07) is 0. The van der Waals surface area contributed by atoms with E-state index in [9.17, 15) is 29.3 Å². The van der Waals surface area contributed by atoms with E-state index >= 15 is 0 Å². The zero-order valence-electron chi connectivity index (χ0n) is 9.86. The molecule has 8 nitrogen and oxygen atoms in total. The number of halogens is 1. The average Bonchev–Trinajstić information content (AvgIpc) is 2.62. The van der Waals surface area contributed by atoms with E-state index in [0.29, 0.717) is 10.8 Å². The first kappa shape index (κ1) is 13.9. The molecule has 0 aliphatic carbocycles. The first-order valence-electron chi connectivity index (χ1n) is 5.53. The van der Waals surface area contributed by atoms with E-state index < -0.39 is 47.7 Å². The summed E-state index contributed by atoms with van der Waals surface area (Å²) in [6.07, 6.45) is -6.02. The fourth-order valence-electron chi connectivity index (χ4n) is 1.96. The van der Waals surface area contributed by atoms with Gasteiger partial charge in [0.25, 0.3) is 5.56 Å². The minimum absolute atomic E-state index is 0.576. The predicted molar refractivity (Wildman–Crippen MR) is 58.9 cm³/mol. The fraction of sp³-hybridized carbons (Fsp3) is 0.600. The summed E-state index contributed by atoms with van der Waals surface area (Å²) in [7, 11) is 0. The van der Waals surface area contributed by atoms with Crippen molar-refractivity contribution in [2.24, 2.45) is 0 Å². The molecule has 0 bridgehead atoms. The van der Waals surface area contributed by atoms with Crippen molar-refractivity contribution in [3.05, 3.63) is 32.9 Å². The van der Waals surface area contributed by atoms with Gasteiger partial charge in [-0.2, -0.15) is 4.39 Å². The second kappa shape index (κ2) is 4.85. The molecule has 1 aromatic rings. The van der Waals surface area contributed by atoms with Crippen LogP contribution < -0.4 is 11.2 Å². The van der Waals surface area contributed by atoms with Gasteiger partial charge in [-0.05, 0) is 6.92 Å². The van der Waals surface area contributed by atoms with E-state index in [2.05, 4.69) is 0 Å². The molecule has 9 heteroatoms. The normalized spacial score (nSPS) is 32.5. The van der Waals surface area contributed by atoms with E-state index in [1.165, 1.54) is 6.92 Å². The van der Waals surface area contributed by atoms with Gasteiger partial charge >= 0.3 is 5.69 Å².